The van der Waals surface area contributed by atoms with E-state index in [4.69, 9.17) is 4.74 Å². The Morgan fingerprint density at radius 3 is 2.43 bits per heavy atom. The van der Waals surface area contributed by atoms with Crippen molar-refractivity contribution in [2.24, 2.45) is 0 Å². The Balaban J connectivity index is 1.59. The molecular weight excluding hydrogens is 361 g/mol. The van der Waals surface area contributed by atoms with E-state index < -0.39 is 11.7 Å². The molecule has 3 rings (SSSR count). The predicted octanol–water partition coefficient (Wildman–Crippen LogP) is 1.75. The Hall–Kier alpha value is -2.77. The molecule has 0 radical (unpaired) electrons. The van der Waals surface area contributed by atoms with Crippen molar-refractivity contribution < 1.29 is 18.7 Å². The van der Waals surface area contributed by atoms with Gasteiger partial charge >= 0.3 is 0 Å². The first-order valence-corrected chi connectivity index (χ1v) is 9.30. The van der Waals surface area contributed by atoms with Crippen molar-refractivity contribution in [3.8, 4) is 0 Å². The fourth-order valence-corrected chi connectivity index (χ4v) is 3.11. The van der Waals surface area contributed by atoms with Gasteiger partial charge in [-0.15, -0.1) is 0 Å². The lowest BCUT2D eigenvalue weighted by molar-refractivity contribution is -0.121. The molecule has 2 N–H and O–H groups in total. The van der Waals surface area contributed by atoms with Gasteiger partial charge in [0.25, 0.3) is 5.91 Å². The van der Waals surface area contributed by atoms with Crippen LogP contribution in [0.4, 0.5) is 4.39 Å². The molecular formula is C21H24FN3O3. The Morgan fingerprint density at radius 2 is 1.71 bits per heavy atom. The maximum Gasteiger partial charge on any atom is 0.254 e. The van der Waals surface area contributed by atoms with Crippen molar-refractivity contribution >= 4 is 11.8 Å². The first-order valence-electron chi connectivity index (χ1n) is 9.30. The quantitative estimate of drug-likeness (QED) is 0.762. The molecule has 0 spiro atoms. The average molecular weight is 385 g/mol. The van der Waals surface area contributed by atoms with Gasteiger partial charge in [0.2, 0.25) is 5.91 Å². The molecule has 0 aliphatic carbocycles. The number of halogens is 1. The van der Waals surface area contributed by atoms with Crippen molar-refractivity contribution in [1.82, 2.24) is 15.5 Å². The van der Waals surface area contributed by atoms with Gasteiger partial charge in [0.15, 0.2) is 0 Å². The molecule has 2 aromatic rings. The lowest BCUT2D eigenvalue weighted by Gasteiger charge is -2.31. The number of nitrogens with one attached hydrogen (secondary N) is 2. The summed E-state index contributed by atoms with van der Waals surface area (Å²) in [6, 6.07) is 15.2. The Bertz CT molecular complexity index is 794. The Labute approximate surface area is 163 Å². The number of benzene rings is 2. The maximum atomic E-state index is 13.7. The second-order valence-corrected chi connectivity index (χ2v) is 6.61. The summed E-state index contributed by atoms with van der Waals surface area (Å²) in [5.41, 5.74) is 0.908. The van der Waals surface area contributed by atoms with Crippen molar-refractivity contribution in [2.75, 3.05) is 39.4 Å². The van der Waals surface area contributed by atoms with Gasteiger partial charge in [0, 0.05) is 19.6 Å². The first kappa shape index (κ1) is 20.0. The van der Waals surface area contributed by atoms with Crippen LogP contribution in [0.5, 0.6) is 0 Å². The van der Waals surface area contributed by atoms with E-state index in [1.807, 2.05) is 30.3 Å². The van der Waals surface area contributed by atoms with Crippen LogP contribution in [-0.4, -0.2) is 56.1 Å². The van der Waals surface area contributed by atoms with Gasteiger partial charge in [0.05, 0.1) is 31.4 Å². The number of morpholine rings is 1. The summed E-state index contributed by atoms with van der Waals surface area (Å²) in [5, 5.41) is 5.45. The minimum absolute atomic E-state index is 0.0803. The number of hydrogen-bond acceptors (Lipinski definition) is 4. The number of rotatable bonds is 7. The predicted molar refractivity (Wildman–Crippen MR) is 103 cm³/mol. The minimum Gasteiger partial charge on any atom is -0.379 e. The van der Waals surface area contributed by atoms with Crippen molar-refractivity contribution in [3.63, 3.8) is 0 Å². The van der Waals surface area contributed by atoms with Crippen LogP contribution in [0.2, 0.25) is 0 Å². The molecule has 7 heteroatoms. The fraction of sp³-hybridized carbons (Fsp3) is 0.333. The number of carbonyl (C=O) groups is 2. The zero-order valence-electron chi connectivity index (χ0n) is 15.6. The van der Waals surface area contributed by atoms with E-state index in [1.54, 1.807) is 6.07 Å². The zero-order chi connectivity index (χ0) is 19.8. The zero-order valence-corrected chi connectivity index (χ0v) is 15.6. The third kappa shape index (κ3) is 5.61. The highest BCUT2D eigenvalue weighted by Gasteiger charge is 2.20. The molecule has 0 bridgehead atoms. The molecule has 1 aliphatic heterocycles. The minimum atomic E-state index is -0.616. The third-order valence-electron chi connectivity index (χ3n) is 4.61. The third-order valence-corrected chi connectivity index (χ3v) is 4.61. The van der Waals surface area contributed by atoms with Crippen LogP contribution in [0.15, 0.2) is 54.6 Å². The van der Waals surface area contributed by atoms with Gasteiger partial charge in [-0.2, -0.15) is 0 Å². The normalized spacial score (nSPS) is 15.6. The van der Waals surface area contributed by atoms with Crippen LogP contribution >= 0.6 is 0 Å². The fourth-order valence-electron chi connectivity index (χ4n) is 3.11. The molecule has 1 aliphatic rings. The van der Waals surface area contributed by atoms with E-state index in [0.29, 0.717) is 19.8 Å². The highest BCUT2D eigenvalue weighted by atomic mass is 19.1. The second-order valence-electron chi connectivity index (χ2n) is 6.61. The van der Waals surface area contributed by atoms with E-state index in [2.05, 4.69) is 15.5 Å². The summed E-state index contributed by atoms with van der Waals surface area (Å²) in [4.78, 5) is 26.8. The first-order chi connectivity index (χ1) is 13.6. The summed E-state index contributed by atoms with van der Waals surface area (Å²) < 4.78 is 19.1. The molecule has 1 fully saturated rings. The maximum absolute atomic E-state index is 13.7. The van der Waals surface area contributed by atoms with E-state index in [1.165, 1.54) is 18.2 Å². The largest absolute Gasteiger partial charge is 0.379 e. The average Bonchev–Trinajstić information content (AvgIpc) is 2.73. The van der Waals surface area contributed by atoms with E-state index in [0.717, 1.165) is 18.7 Å². The molecule has 6 nitrogen and oxygen atoms in total. The summed E-state index contributed by atoms with van der Waals surface area (Å²) >= 11 is 0. The summed E-state index contributed by atoms with van der Waals surface area (Å²) in [7, 11) is 0. The molecule has 2 amide bonds. The molecule has 148 valence electrons. The standard InChI is InChI=1S/C21H24FN3O3/c22-18-9-5-4-8-17(18)21(27)23-14-20(26)24-19(16-6-2-1-3-7-16)15-25-10-12-28-13-11-25/h1-9,19H,10-15H2,(H,23,27)(H,24,26)/t19-/m1/s1. The van der Waals surface area contributed by atoms with Gasteiger partial charge < -0.3 is 15.4 Å². The molecule has 1 saturated heterocycles. The van der Waals surface area contributed by atoms with Gasteiger partial charge in [0.1, 0.15) is 5.82 Å². The van der Waals surface area contributed by atoms with Crippen LogP contribution in [0, 0.1) is 5.82 Å². The van der Waals surface area contributed by atoms with Crippen molar-refractivity contribution in [1.29, 1.82) is 0 Å². The number of ether oxygens (including phenoxy) is 1. The van der Waals surface area contributed by atoms with E-state index >= 15 is 0 Å². The Morgan fingerprint density at radius 1 is 1.04 bits per heavy atom. The number of carbonyl (C=O) groups excluding carboxylic acids is 2. The van der Waals surface area contributed by atoms with Gasteiger partial charge in [-0.1, -0.05) is 42.5 Å². The highest BCUT2D eigenvalue weighted by Crippen LogP contribution is 2.15. The molecule has 0 aromatic heterocycles. The summed E-state index contributed by atoms with van der Waals surface area (Å²) in [5.74, 6) is -1.56. The number of hydrogen-bond donors (Lipinski definition) is 2. The lowest BCUT2D eigenvalue weighted by atomic mass is 10.1. The molecule has 1 heterocycles. The topological polar surface area (TPSA) is 70.7 Å². The SMILES string of the molecule is O=C(CNC(=O)c1ccccc1F)N[C@H](CN1CCOCC1)c1ccccc1. The van der Waals surface area contributed by atoms with Crippen LogP contribution in [0.3, 0.4) is 0 Å². The van der Waals surface area contributed by atoms with Crippen LogP contribution < -0.4 is 10.6 Å². The number of nitrogens with zero attached hydrogens (tertiary/aromatic N) is 1. The molecule has 2 aromatic carbocycles. The van der Waals surface area contributed by atoms with E-state index in [9.17, 15) is 14.0 Å². The molecule has 0 unspecified atom stereocenters. The molecule has 1 atom stereocenters. The monoisotopic (exact) mass is 385 g/mol. The van der Waals surface area contributed by atoms with Crippen molar-refractivity contribution in [2.45, 2.75) is 6.04 Å². The van der Waals surface area contributed by atoms with Gasteiger partial charge in [-0.25, -0.2) is 4.39 Å². The highest BCUT2D eigenvalue weighted by molar-refractivity contribution is 5.96. The number of amides is 2. The summed E-state index contributed by atoms with van der Waals surface area (Å²) in [6.07, 6.45) is 0. The second kappa shape index (κ2) is 9.96. The van der Waals surface area contributed by atoms with Crippen LogP contribution in [-0.2, 0) is 9.53 Å². The molecule has 28 heavy (non-hydrogen) atoms. The molecule has 0 saturated carbocycles. The van der Waals surface area contributed by atoms with E-state index in [-0.39, 0.29) is 24.1 Å². The summed E-state index contributed by atoms with van der Waals surface area (Å²) in [6.45, 7) is 3.40. The Kier molecular flexibility index (Phi) is 7.11. The van der Waals surface area contributed by atoms with Gasteiger partial charge in [-0.05, 0) is 17.7 Å². The lowest BCUT2D eigenvalue weighted by Crippen LogP contribution is -2.45. The van der Waals surface area contributed by atoms with Crippen LogP contribution in [0.1, 0.15) is 22.0 Å². The van der Waals surface area contributed by atoms with Crippen molar-refractivity contribution in [3.05, 3.63) is 71.5 Å². The smallest absolute Gasteiger partial charge is 0.254 e. The van der Waals surface area contributed by atoms with Gasteiger partial charge in [-0.3, -0.25) is 14.5 Å². The van der Waals surface area contributed by atoms with Crippen LogP contribution in [0.25, 0.3) is 0 Å².